The molecule has 0 saturated carbocycles. The number of aliphatic hydroxyl groups excluding tert-OH is 3. The van der Waals surface area contributed by atoms with Crippen LogP contribution in [0, 0.1) is 0 Å². The van der Waals surface area contributed by atoms with E-state index in [1.165, 1.54) is 7.11 Å². The van der Waals surface area contributed by atoms with E-state index in [2.05, 4.69) is 9.62 Å². The molecule has 0 aromatic rings. The zero-order valence-corrected chi connectivity index (χ0v) is 7.85. The van der Waals surface area contributed by atoms with E-state index in [1.54, 1.807) is 0 Å². The summed E-state index contributed by atoms with van der Waals surface area (Å²) in [5, 5.41) is 36.0. The molecule has 1 heterocycles. The maximum absolute atomic E-state index is 9.45. The van der Waals surface area contributed by atoms with E-state index in [4.69, 9.17) is 19.9 Å². The normalized spacial score (nSPS) is 41.3. The molecule has 0 aromatic heterocycles. The summed E-state index contributed by atoms with van der Waals surface area (Å²) in [6, 6.07) is 0. The Hall–Kier alpha value is -0.770. The zero-order valence-electron chi connectivity index (χ0n) is 7.85. The lowest BCUT2D eigenvalue weighted by Crippen LogP contribution is -2.60. The van der Waals surface area contributed by atoms with Gasteiger partial charge in [-0.15, -0.1) is 4.89 Å². The molecule has 1 fully saturated rings. The highest BCUT2D eigenvalue weighted by Gasteiger charge is 2.51. The molecule has 5 N–H and O–H groups in total. The van der Waals surface area contributed by atoms with E-state index >= 15 is 0 Å². The summed E-state index contributed by atoms with van der Waals surface area (Å²) in [6.07, 6.45) is -7.34. The summed E-state index contributed by atoms with van der Waals surface area (Å²) >= 11 is 0. The van der Waals surface area contributed by atoms with Crippen LogP contribution in [0.3, 0.4) is 0 Å². The minimum Gasteiger partial charge on any atom is -0.387 e. The summed E-state index contributed by atoms with van der Waals surface area (Å²) in [6.45, 7) is 0. The van der Waals surface area contributed by atoms with Crippen molar-refractivity contribution in [2.75, 3.05) is 7.11 Å². The number of hydrogen-bond donors (Lipinski definition) is 4. The number of methoxy groups -OCH3 is 1. The molecule has 0 aromatic carbocycles. The van der Waals surface area contributed by atoms with Crippen LogP contribution in [0.1, 0.15) is 0 Å². The summed E-state index contributed by atoms with van der Waals surface area (Å²) in [5.41, 5.74) is 0. The van der Waals surface area contributed by atoms with Gasteiger partial charge in [0.1, 0.15) is 18.3 Å². The topological polar surface area (TPSA) is 130 Å². The number of rotatable bonds is 2. The maximum Gasteiger partial charge on any atom is 0.560 e. The minimum absolute atomic E-state index is 0.980. The Bertz CT molecular complexity index is 231. The summed E-state index contributed by atoms with van der Waals surface area (Å²) in [4.78, 5) is 12.6. The third-order valence-corrected chi connectivity index (χ3v) is 2.17. The van der Waals surface area contributed by atoms with E-state index < -0.39 is 36.7 Å². The van der Waals surface area contributed by atoms with Crippen LogP contribution in [0.15, 0.2) is 0 Å². The van der Waals surface area contributed by atoms with Gasteiger partial charge in [-0.05, 0) is 0 Å². The monoisotopic (exact) mass is 225 g/mol. The van der Waals surface area contributed by atoms with Gasteiger partial charge >= 0.3 is 5.97 Å². The van der Waals surface area contributed by atoms with Crippen LogP contribution in [0.4, 0.5) is 0 Å². The van der Waals surface area contributed by atoms with Gasteiger partial charge in [-0.3, -0.25) is 0 Å². The van der Waals surface area contributed by atoms with E-state index in [0.29, 0.717) is 0 Å². The molecule has 1 saturated heterocycles. The Labute approximate surface area is 84.5 Å². The van der Waals surface area contributed by atoms with Gasteiger partial charge in [0.25, 0.3) is 0 Å². The lowest BCUT2D eigenvalue weighted by atomic mass is 9.99. The average Bonchev–Trinajstić information content (AvgIpc) is 2.24. The highest BCUT2D eigenvalue weighted by Crippen LogP contribution is 2.22. The molecule has 15 heavy (non-hydrogen) atoms. The second-order valence-corrected chi connectivity index (χ2v) is 3.06. The first-order valence-corrected chi connectivity index (χ1v) is 4.12. The summed E-state index contributed by atoms with van der Waals surface area (Å²) < 4.78 is 9.41. The summed E-state index contributed by atoms with van der Waals surface area (Å²) in [5.74, 6) is -0.980. The molecule has 0 amide bonds. The van der Waals surface area contributed by atoms with Gasteiger partial charge in [0.15, 0.2) is 6.29 Å². The summed E-state index contributed by atoms with van der Waals surface area (Å²) in [7, 11) is 1.19. The minimum atomic E-state index is -1.71. The van der Waals surface area contributed by atoms with Crippen LogP contribution in [-0.2, 0) is 14.4 Å². The van der Waals surface area contributed by atoms with Crippen LogP contribution < -0.4 is 0 Å². The molecule has 0 spiro atoms. The molecule has 0 aliphatic carbocycles. The van der Waals surface area contributed by atoms with Crippen LogP contribution in [0.2, 0.25) is 0 Å². The van der Waals surface area contributed by atoms with Crippen molar-refractivity contribution in [2.24, 2.45) is 0 Å². The Balaban J connectivity index is 2.82. The number of carbonyl (C=O) groups excluding carboxylic acids is 1. The highest BCUT2D eigenvalue weighted by molar-refractivity contribution is 5.76. The predicted molar refractivity (Wildman–Crippen MR) is 44.3 cm³/mol. The van der Waals surface area contributed by atoms with Crippen molar-refractivity contribution < 1.29 is 39.7 Å². The first kappa shape index (κ1) is 12.3. The number of ether oxygens (including phenoxy) is 2. The number of aliphatic hydroxyl groups is 3. The molecule has 5 atom stereocenters. The molecule has 8 nitrogen and oxygen atoms in total. The molecule has 1 aliphatic rings. The Morgan fingerprint density at radius 1 is 1.27 bits per heavy atom. The van der Waals surface area contributed by atoms with Crippen LogP contribution in [0.5, 0.6) is 0 Å². The molecule has 88 valence electrons. The number of hydrogen-bond acceptors (Lipinski definition) is 7. The van der Waals surface area contributed by atoms with E-state index in [9.17, 15) is 10.2 Å². The lowest BCUT2D eigenvalue weighted by Gasteiger charge is -2.36. The van der Waals surface area contributed by atoms with Crippen molar-refractivity contribution in [1.29, 1.82) is 0 Å². The predicted octanol–water partition coefficient (Wildman–Crippen LogP) is -2.57. The first-order valence-electron chi connectivity index (χ1n) is 4.12. The molecule has 1 aliphatic heterocycles. The lowest BCUT2D eigenvalue weighted by molar-refractivity contribution is -0.282. The standard InChI is InChI=1S/C7H12O8/c1-13-4-2(8)3(9)6(10)14-5(4)7(11)15-12/h2-6,8-10,12H,1H3/p+1/t2-,3-,4+,5+,6-/m1/s1. The Morgan fingerprint density at radius 3 is 2.33 bits per heavy atom. The molecule has 0 radical (unpaired) electrons. The third-order valence-electron chi connectivity index (χ3n) is 2.17. The van der Waals surface area contributed by atoms with E-state index in [1.807, 2.05) is 0 Å². The van der Waals surface area contributed by atoms with Crippen LogP contribution in [0.25, 0.3) is 0 Å². The fraction of sp³-hybridized carbons (Fsp3) is 0.857. The Kier molecular flexibility index (Phi) is 3.97. The molecule has 8 heteroatoms. The molecule has 0 unspecified atom stereocenters. The van der Waals surface area contributed by atoms with Crippen LogP contribution >= 0.6 is 0 Å². The van der Waals surface area contributed by atoms with Gasteiger partial charge in [-0.1, -0.05) is 5.26 Å². The van der Waals surface area contributed by atoms with Crippen molar-refractivity contribution in [2.45, 2.75) is 30.7 Å². The third kappa shape index (κ3) is 2.25. The largest absolute Gasteiger partial charge is 0.560 e. The SMILES string of the molecule is CO[C@H]1[C@H](O)[C@@H](O)[C@H](O)O[C@@H]1C(=[OH+])OO. The van der Waals surface area contributed by atoms with Crippen molar-refractivity contribution in [3.8, 4) is 0 Å². The highest BCUT2D eigenvalue weighted by atomic mass is 17.1. The first-order chi connectivity index (χ1) is 7.02. The van der Waals surface area contributed by atoms with Gasteiger partial charge in [0, 0.05) is 7.11 Å². The average molecular weight is 225 g/mol. The van der Waals surface area contributed by atoms with E-state index in [0.717, 1.165) is 0 Å². The van der Waals surface area contributed by atoms with Crippen molar-refractivity contribution in [1.82, 2.24) is 0 Å². The van der Waals surface area contributed by atoms with Gasteiger partial charge in [0.2, 0.25) is 6.10 Å². The van der Waals surface area contributed by atoms with Gasteiger partial charge in [-0.25, -0.2) is 0 Å². The second kappa shape index (κ2) is 4.84. The van der Waals surface area contributed by atoms with Gasteiger partial charge in [-0.2, -0.15) is 0 Å². The van der Waals surface area contributed by atoms with Crippen molar-refractivity contribution in [3.63, 3.8) is 0 Å². The van der Waals surface area contributed by atoms with Gasteiger partial charge in [0.05, 0.1) is 0 Å². The molecular weight excluding hydrogens is 212 g/mol. The van der Waals surface area contributed by atoms with E-state index in [-0.39, 0.29) is 0 Å². The van der Waals surface area contributed by atoms with Crippen LogP contribution in [-0.4, -0.2) is 69.2 Å². The van der Waals surface area contributed by atoms with Gasteiger partial charge < -0.3 is 29.6 Å². The smallest absolute Gasteiger partial charge is 0.387 e. The Morgan fingerprint density at radius 2 is 1.87 bits per heavy atom. The molecule has 0 bridgehead atoms. The molecular formula is C7H13O8+. The van der Waals surface area contributed by atoms with Crippen molar-refractivity contribution in [3.05, 3.63) is 0 Å². The van der Waals surface area contributed by atoms with Crippen molar-refractivity contribution >= 4 is 5.97 Å². The second-order valence-electron chi connectivity index (χ2n) is 3.06. The quantitative estimate of drug-likeness (QED) is 0.231. The molecule has 1 rings (SSSR count). The fourth-order valence-electron chi connectivity index (χ4n) is 1.36. The maximum atomic E-state index is 9.45. The fourth-order valence-corrected chi connectivity index (χ4v) is 1.36. The zero-order chi connectivity index (χ0) is 11.6.